The van der Waals surface area contributed by atoms with Crippen molar-refractivity contribution in [2.45, 2.75) is 13.5 Å². The van der Waals surface area contributed by atoms with Gasteiger partial charge in [-0.15, -0.1) is 0 Å². The first kappa shape index (κ1) is 21.6. The monoisotopic (exact) mass is 452 g/mol. The highest BCUT2D eigenvalue weighted by Crippen LogP contribution is 2.30. The molecule has 9 nitrogen and oxygen atoms in total. The minimum atomic E-state index is -3.52. The fourth-order valence-electron chi connectivity index (χ4n) is 3.56. The highest BCUT2D eigenvalue weighted by atomic mass is 32.2. The first-order valence-corrected chi connectivity index (χ1v) is 11.7. The maximum absolute atomic E-state index is 13.4. The van der Waals surface area contributed by atoms with Crippen molar-refractivity contribution in [1.29, 1.82) is 0 Å². The topological polar surface area (TPSA) is 113 Å². The third-order valence-electron chi connectivity index (χ3n) is 5.17. The molecule has 0 atom stereocenters. The van der Waals surface area contributed by atoms with E-state index in [0.717, 1.165) is 5.56 Å². The maximum atomic E-state index is 13.4. The lowest BCUT2D eigenvalue weighted by atomic mass is 10.1. The van der Waals surface area contributed by atoms with Gasteiger partial charge in [0, 0.05) is 32.1 Å². The minimum Gasteiger partial charge on any atom is -0.347 e. The van der Waals surface area contributed by atoms with Crippen LogP contribution in [0.1, 0.15) is 23.1 Å². The Morgan fingerprint density at radius 1 is 1.22 bits per heavy atom. The van der Waals surface area contributed by atoms with E-state index in [-0.39, 0.29) is 18.2 Å². The molecule has 166 valence electrons. The Kier molecular flexibility index (Phi) is 5.70. The van der Waals surface area contributed by atoms with E-state index in [4.69, 9.17) is 4.98 Å². The summed E-state index contributed by atoms with van der Waals surface area (Å²) in [6.07, 6.45) is 3.32. The number of nitrogens with zero attached hydrogens (tertiary/aromatic N) is 4. The molecule has 2 aromatic heterocycles. The summed E-state index contributed by atoms with van der Waals surface area (Å²) >= 11 is 0. The standard InChI is InChI=1S/C22H24N6O3S/c1-4-32(30,31)26-16-12-17(22(29)27(2)14-19-23-10-11-24-19)20-18(13-16)25-21(28(20)3)15-8-6-5-7-9-15/h5-13,26H,4,14H2,1-3H3,(H,23,24). The maximum Gasteiger partial charge on any atom is 0.256 e. The second-order valence-electron chi connectivity index (χ2n) is 7.45. The molecule has 0 bridgehead atoms. The molecule has 2 heterocycles. The lowest BCUT2D eigenvalue weighted by Gasteiger charge is -2.18. The molecule has 10 heteroatoms. The first-order chi connectivity index (χ1) is 15.3. The number of anilines is 1. The first-order valence-electron chi connectivity index (χ1n) is 10.1. The van der Waals surface area contributed by atoms with Crippen LogP contribution < -0.4 is 4.72 Å². The van der Waals surface area contributed by atoms with Crippen LogP contribution >= 0.6 is 0 Å². The number of hydrogen-bond donors (Lipinski definition) is 2. The van der Waals surface area contributed by atoms with Crippen LogP contribution in [0.25, 0.3) is 22.4 Å². The van der Waals surface area contributed by atoms with E-state index in [9.17, 15) is 13.2 Å². The SMILES string of the molecule is CCS(=O)(=O)Nc1cc(C(=O)N(C)Cc2ncc[nH]2)c2c(c1)nc(-c1ccccc1)n2C. The number of rotatable bonds is 7. The lowest BCUT2D eigenvalue weighted by Crippen LogP contribution is -2.27. The van der Waals surface area contributed by atoms with Gasteiger partial charge in [0.1, 0.15) is 11.6 Å². The van der Waals surface area contributed by atoms with Gasteiger partial charge in [0.2, 0.25) is 10.0 Å². The quantitative estimate of drug-likeness (QED) is 0.448. The van der Waals surface area contributed by atoms with Gasteiger partial charge in [0.05, 0.1) is 34.6 Å². The molecule has 4 rings (SSSR count). The van der Waals surface area contributed by atoms with Gasteiger partial charge < -0.3 is 14.5 Å². The van der Waals surface area contributed by atoms with Crippen LogP contribution in [0.15, 0.2) is 54.9 Å². The van der Waals surface area contributed by atoms with E-state index in [1.165, 1.54) is 4.90 Å². The Hall–Kier alpha value is -3.66. The smallest absolute Gasteiger partial charge is 0.256 e. The zero-order valence-corrected chi connectivity index (χ0v) is 18.8. The number of aryl methyl sites for hydroxylation is 1. The van der Waals surface area contributed by atoms with Crippen LogP contribution in [0.2, 0.25) is 0 Å². The number of amides is 1. The van der Waals surface area contributed by atoms with Crippen LogP contribution in [-0.4, -0.2) is 51.5 Å². The number of H-pyrrole nitrogens is 1. The van der Waals surface area contributed by atoms with E-state index in [2.05, 4.69) is 14.7 Å². The van der Waals surface area contributed by atoms with Crippen molar-refractivity contribution in [3.05, 3.63) is 66.2 Å². The van der Waals surface area contributed by atoms with Crippen molar-refractivity contribution in [3.8, 4) is 11.4 Å². The van der Waals surface area contributed by atoms with Gasteiger partial charge in [-0.2, -0.15) is 0 Å². The average molecular weight is 453 g/mol. The Morgan fingerprint density at radius 2 is 1.97 bits per heavy atom. The molecule has 0 aliphatic carbocycles. The highest BCUT2D eigenvalue weighted by Gasteiger charge is 2.23. The largest absolute Gasteiger partial charge is 0.347 e. The number of hydrogen-bond acceptors (Lipinski definition) is 5. The number of sulfonamides is 1. The molecular formula is C22H24N6O3S. The van der Waals surface area contributed by atoms with Gasteiger partial charge >= 0.3 is 0 Å². The van der Waals surface area contributed by atoms with E-state index in [1.807, 2.05) is 41.9 Å². The number of aromatic nitrogens is 4. The van der Waals surface area contributed by atoms with Gasteiger partial charge in [0.15, 0.2) is 0 Å². The van der Waals surface area contributed by atoms with Gasteiger partial charge in [-0.1, -0.05) is 30.3 Å². The summed E-state index contributed by atoms with van der Waals surface area (Å²) in [5.41, 5.74) is 2.69. The molecule has 4 aromatic rings. The zero-order valence-electron chi connectivity index (χ0n) is 18.0. The summed E-state index contributed by atoms with van der Waals surface area (Å²) in [6, 6.07) is 12.8. The van der Waals surface area contributed by atoms with Crippen molar-refractivity contribution in [2.75, 3.05) is 17.5 Å². The Morgan fingerprint density at radius 3 is 2.62 bits per heavy atom. The fourth-order valence-corrected chi connectivity index (χ4v) is 4.18. The number of carbonyl (C=O) groups excluding carboxylic acids is 1. The Balaban J connectivity index is 1.86. The molecule has 0 saturated carbocycles. The summed E-state index contributed by atoms with van der Waals surface area (Å²) in [6.45, 7) is 1.83. The van der Waals surface area contributed by atoms with E-state index in [1.54, 1.807) is 38.5 Å². The number of aromatic amines is 1. The highest BCUT2D eigenvalue weighted by molar-refractivity contribution is 7.92. The van der Waals surface area contributed by atoms with Crippen molar-refractivity contribution < 1.29 is 13.2 Å². The Labute approximate surface area is 186 Å². The summed E-state index contributed by atoms with van der Waals surface area (Å²) < 4.78 is 28.8. The van der Waals surface area contributed by atoms with Crippen molar-refractivity contribution in [1.82, 2.24) is 24.4 Å². The molecule has 0 radical (unpaired) electrons. The number of imidazole rings is 2. The van der Waals surface area contributed by atoms with Gasteiger partial charge in [-0.3, -0.25) is 9.52 Å². The molecule has 32 heavy (non-hydrogen) atoms. The van der Waals surface area contributed by atoms with Crippen LogP contribution in [0.5, 0.6) is 0 Å². The predicted molar refractivity (Wildman–Crippen MR) is 124 cm³/mol. The Bertz CT molecular complexity index is 1360. The van der Waals surface area contributed by atoms with Gasteiger partial charge in [-0.05, 0) is 19.1 Å². The third-order valence-corrected chi connectivity index (χ3v) is 6.48. The van der Waals surface area contributed by atoms with Crippen LogP contribution in [0.4, 0.5) is 5.69 Å². The molecule has 2 N–H and O–H groups in total. The lowest BCUT2D eigenvalue weighted by molar-refractivity contribution is 0.0783. The number of fused-ring (bicyclic) bond motifs is 1. The summed E-state index contributed by atoms with van der Waals surface area (Å²) in [5.74, 6) is 0.977. The second-order valence-corrected chi connectivity index (χ2v) is 9.47. The summed E-state index contributed by atoms with van der Waals surface area (Å²) in [7, 11) is -0.00612. The van der Waals surface area contributed by atoms with Gasteiger partial charge in [-0.25, -0.2) is 18.4 Å². The number of carbonyl (C=O) groups is 1. The fraction of sp³-hybridized carbons (Fsp3) is 0.227. The van der Waals surface area contributed by atoms with Crippen molar-refractivity contribution in [3.63, 3.8) is 0 Å². The molecule has 0 aliphatic rings. The molecule has 0 aliphatic heterocycles. The molecule has 2 aromatic carbocycles. The van der Waals surface area contributed by atoms with Crippen LogP contribution in [0, 0.1) is 0 Å². The number of benzene rings is 2. The molecular weight excluding hydrogens is 428 g/mol. The van der Waals surface area contributed by atoms with Gasteiger partial charge in [0.25, 0.3) is 5.91 Å². The normalized spacial score (nSPS) is 11.6. The molecule has 0 spiro atoms. The molecule has 1 amide bonds. The molecule has 0 unspecified atom stereocenters. The average Bonchev–Trinajstić information content (AvgIpc) is 3.41. The zero-order chi connectivity index (χ0) is 22.9. The van der Waals surface area contributed by atoms with E-state index < -0.39 is 10.0 Å². The van der Waals surface area contributed by atoms with Crippen molar-refractivity contribution >= 4 is 32.7 Å². The summed E-state index contributed by atoms with van der Waals surface area (Å²) in [4.78, 5) is 26.8. The summed E-state index contributed by atoms with van der Waals surface area (Å²) in [5, 5.41) is 0. The van der Waals surface area contributed by atoms with Crippen molar-refractivity contribution in [2.24, 2.45) is 7.05 Å². The van der Waals surface area contributed by atoms with E-state index in [0.29, 0.717) is 33.9 Å². The molecule has 0 saturated heterocycles. The third kappa shape index (κ3) is 4.22. The van der Waals surface area contributed by atoms with Crippen LogP contribution in [0.3, 0.4) is 0 Å². The second kappa shape index (κ2) is 8.46. The minimum absolute atomic E-state index is 0.0792. The predicted octanol–water partition coefficient (Wildman–Crippen LogP) is 3.00. The molecule has 0 fully saturated rings. The van der Waals surface area contributed by atoms with Crippen LogP contribution in [-0.2, 0) is 23.6 Å². The number of nitrogens with one attached hydrogen (secondary N) is 2. The van der Waals surface area contributed by atoms with E-state index >= 15 is 0 Å².